The van der Waals surface area contributed by atoms with Crippen LogP contribution in [-0.4, -0.2) is 32.3 Å². The van der Waals surface area contributed by atoms with Gasteiger partial charge in [0.25, 0.3) is 15.9 Å². The molecular weight excluding hydrogens is 348 g/mol. The van der Waals surface area contributed by atoms with Gasteiger partial charge in [-0.05, 0) is 50.2 Å². The standard InChI is InChI=1S/C17H19ClN2O3S/c1-3-20(4-2)17(21)15-7-5-6-8-16(15)19-24(22,23)14-11-9-13(18)10-12-14/h5-12,19H,3-4H2,1-2H3. The zero-order chi connectivity index (χ0) is 17.7. The fourth-order valence-corrected chi connectivity index (χ4v) is 3.46. The molecule has 0 atom stereocenters. The van der Waals surface area contributed by atoms with Crippen LogP contribution >= 0.6 is 11.6 Å². The average Bonchev–Trinajstić information content (AvgIpc) is 2.56. The summed E-state index contributed by atoms with van der Waals surface area (Å²) in [6, 6.07) is 12.4. The number of carbonyl (C=O) groups is 1. The second-order valence-electron chi connectivity index (χ2n) is 5.08. The van der Waals surface area contributed by atoms with Crippen molar-refractivity contribution < 1.29 is 13.2 Å². The highest BCUT2D eigenvalue weighted by atomic mass is 35.5. The molecule has 1 N–H and O–H groups in total. The third-order valence-electron chi connectivity index (χ3n) is 3.58. The van der Waals surface area contributed by atoms with Crippen molar-refractivity contribution >= 4 is 33.2 Å². The normalized spacial score (nSPS) is 11.1. The summed E-state index contributed by atoms with van der Waals surface area (Å²) in [5.41, 5.74) is 0.572. The van der Waals surface area contributed by atoms with Gasteiger partial charge in [0.15, 0.2) is 0 Å². The first-order chi connectivity index (χ1) is 11.4. The number of amides is 1. The monoisotopic (exact) mass is 366 g/mol. The van der Waals surface area contributed by atoms with E-state index in [9.17, 15) is 13.2 Å². The number of carbonyl (C=O) groups excluding carboxylic acids is 1. The molecule has 0 radical (unpaired) electrons. The number of nitrogens with zero attached hydrogens (tertiary/aromatic N) is 1. The Balaban J connectivity index is 2.36. The van der Waals surface area contributed by atoms with Crippen LogP contribution in [0.3, 0.4) is 0 Å². The molecule has 0 heterocycles. The van der Waals surface area contributed by atoms with Crippen molar-refractivity contribution in [3.63, 3.8) is 0 Å². The Kier molecular flexibility index (Phi) is 5.85. The van der Waals surface area contributed by atoms with Crippen molar-refractivity contribution in [3.05, 3.63) is 59.1 Å². The predicted octanol–water partition coefficient (Wildman–Crippen LogP) is 3.62. The number of anilines is 1. The number of hydrogen-bond acceptors (Lipinski definition) is 3. The first kappa shape index (κ1) is 18.3. The zero-order valence-electron chi connectivity index (χ0n) is 13.5. The average molecular weight is 367 g/mol. The maximum Gasteiger partial charge on any atom is 0.261 e. The van der Waals surface area contributed by atoms with Crippen LogP contribution in [0.25, 0.3) is 0 Å². The summed E-state index contributed by atoms with van der Waals surface area (Å²) < 4.78 is 27.5. The van der Waals surface area contributed by atoms with Crippen molar-refractivity contribution in [2.24, 2.45) is 0 Å². The van der Waals surface area contributed by atoms with Gasteiger partial charge in [0.2, 0.25) is 0 Å². The maximum atomic E-state index is 12.6. The highest BCUT2D eigenvalue weighted by Crippen LogP contribution is 2.22. The van der Waals surface area contributed by atoms with Gasteiger partial charge < -0.3 is 4.90 Å². The molecule has 0 unspecified atom stereocenters. The Morgan fingerprint density at radius 1 is 1.04 bits per heavy atom. The van der Waals surface area contributed by atoms with E-state index in [0.717, 1.165) is 0 Å². The van der Waals surface area contributed by atoms with E-state index in [2.05, 4.69) is 4.72 Å². The molecule has 0 aliphatic carbocycles. The highest BCUT2D eigenvalue weighted by molar-refractivity contribution is 7.92. The van der Waals surface area contributed by atoms with Gasteiger partial charge in [-0.3, -0.25) is 9.52 Å². The van der Waals surface area contributed by atoms with E-state index < -0.39 is 10.0 Å². The molecule has 0 spiro atoms. The number of hydrogen-bond donors (Lipinski definition) is 1. The van der Waals surface area contributed by atoms with Crippen molar-refractivity contribution in [2.75, 3.05) is 17.8 Å². The highest BCUT2D eigenvalue weighted by Gasteiger charge is 2.20. The Bertz CT molecular complexity index is 816. The number of benzene rings is 2. The lowest BCUT2D eigenvalue weighted by molar-refractivity contribution is 0.0774. The minimum absolute atomic E-state index is 0.0805. The van der Waals surface area contributed by atoms with Crippen molar-refractivity contribution in [3.8, 4) is 0 Å². The SMILES string of the molecule is CCN(CC)C(=O)c1ccccc1NS(=O)(=O)c1ccc(Cl)cc1. The maximum absolute atomic E-state index is 12.6. The van der Waals surface area contributed by atoms with Crippen LogP contribution in [0.1, 0.15) is 24.2 Å². The Labute approximate surface area is 147 Å². The molecule has 1 amide bonds. The zero-order valence-corrected chi connectivity index (χ0v) is 15.1. The fraction of sp³-hybridized carbons (Fsp3) is 0.235. The largest absolute Gasteiger partial charge is 0.339 e. The fourth-order valence-electron chi connectivity index (χ4n) is 2.26. The molecule has 0 aliphatic heterocycles. The van der Waals surface area contributed by atoms with Gasteiger partial charge in [0.05, 0.1) is 16.1 Å². The van der Waals surface area contributed by atoms with Crippen LogP contribution in [0.15, 0.2) is 53.4 Å². The molecule has 2 rings (SSSR count). The molecule has 2 aromatic carbocycles. The van der Waals surface area contributed by atoms with Crippen molar-refractivity contribution in [1.29, 1.82) is 0 Å². The van der Waals surface area contributed by atoms with E-state index in [1.807, 2.05) is 13.8 Å². The molecule has 128 valence electrons. The third-order valence-corrected chi connectivity index (χ3v) is 5.21. The molecule has 5 nitrogen and oxygen atoms in total. The van der Waals surface area contributed by atoms with Gasteiger partial charge in [-0.15, -0.1) is 0 Å². The Hall–Kier alpha value is -2.05. The topological polar surface area (TPSA) is 66.5 Å². The molecule has 0 saturated heterocycles. The van der Waals surface area contributed by atoms with E-state index in [1.54, 1.807) is 29.2 Å². The first-order valence-corrected chi connectivity index (χ1v) is 9.41. The molecule has 0 bridgehead atoms. The minimum atomic E-state index is -3.80. The summed E-state index contributed by atoms with van der Waals surface area (Å²) in [6.07, 6.45) is 0. The van der Waals surface area contributed by atoms with E-state index in [-0.39, 0.29) is 16.5 Å². The van der Waals surface area contributed by atoms with Gasteiger partial charge >= 0.3 is 0 Å². The van der Waals surface area contributed by atoms with Crippen LogP contribution in [0.2, 0.25) is 5.02 Å². The molecule has 7 heteroatoms. The third kappa shape index (κ3) is 4.07. The predicted molar refractivity (Wildman–Crippen MR) is 96.0 cm³/mol. The quantitative estimate of drug-likeness (QED) is 0.849. The molecule has 0 aliphatic rings. The number of nitrogens with one attached hydrogen (secondary N) is 1. The summed E-state index contributed by atoms with van der Waals surface area (Å²) in [5.74, 6) is -0.214. The van der Waals surface area contributed by atoms with E-state index >= 15 is 0 Å². The van der Waals surface area contributed by atoms with Crippen molar-refractivity contribution in [2.45, 2.75) is 18.7 Å². The summed E-state index contributed by atoms with van der Waals surface area (Å²) >= 11 is 5.79. The number of rotatable bonds is 6. The lowest BCUT2D eigenvalue weighted by Crippen LogP contribution is -2.31. The van der Waals surface area contributed by atoms with Gasteiger partial charge in [-0.1, -0.05) is 23.7 Å². The molecule has 0 aromatic heterocycles. The smallest absolute Gasteiger partial charge is 0.261 e. The van der Waals surface area contributed by atoms with Crippen LogP contribution in [0, 0.1) is 0 Å². The summed E-state index contributed by atoms with van der Waals surface area (Å²) in [6.45, 7) is 4.85. The van der Waals surface area contributed by atoms with Crippen LogP contribution in [0.4, 0.5) is 5.69 Å². The second kappa shape index (κ2) is 7.68. The van der Waals surface area contributed by atoms with Crippen LogP contribution in [0.5, 0.6) is 0 Å². The lowest BCUT2D eigenvalue weighted by Gasteiger charge is -2.20. The van der Waals surface area contributed by atoms with Gasteiger partial charge in [-0.25, -0.2) is 8.42 Å². The summed E-state index contributed by atoms with van der Waals surface area (Å²) in [7, 11) is -3.80. The van der Waals surface area contributed by atoms with Crippen LogP contribution < -0.4 is 4.72 Å². The van der Waals surface area contributed by atoms with Gasteiger partial charge in [0.1, 0.15) is 0 Å². The van der Waals surface area contributed by atoms with E-state index in [0.29, 0.717) is 23.7 Å². The van der Waals surface area contributed by atoms with Crippen molar-refractivity contribution in [1.82, 2.24) is 4.90 Å². The number of halogens is 1. The second-order valence-corrected chi connectivity index (χ2v) is 7.20. The Morgan fingerprint density at radius 2 is 1.62 bits per heavy atom. The first-order valence-electron chi connectivity index (χ1n) is 7.55. The summed E-state index contributed by atoms with van der Waals surface area (Å²) in [4.78, 5) is 14.3. The number of para-hydroxylation sites is 1. The minimum Gasteiger partial charge on any atom is -0.339 e. The Morgan fingerprint density at radius 3 is 2.21 bits per heavy atom. The lowest BCUT2D eigenvalue weighted by atomic mass is 10.1. The number of sulfonamides is 1. The molecule has 0 fully saturated rings. The molecule has 24 heavy (non-hydrogen) atoms. The van der Waals surface area contributed by atoms with Gasteiger partial charge in [-0.2, -0.15) is 0 Å². The van der Waals surface area contributed by atoms with E-state index in [4.69, 9.17) is 11.6 Å². The van der Waals surface area contributed by atoms with Crippen LogP contribution in [-0.2, 0) is 10.0 Å². The molecular formula is C17H19ClN2O3S. The summed E-state index contributed by atoms with van der Waals surface area (Å²) in [5, 5.41) is 0.450. The van der Waals surface area contributed by atoms with E-state index in [1.165, 1.54) is 24.3 Å². The van der Waals surface area contributed by atoms with Gasteiger partial charge in [0, 0.05) is 18.1 Å². The molecule has 0 saturated carbocycles. The molecule has 2 aromatic rings.